The molecule has 2 N–H and O–H groups in total. The molecule has 1 aromatic carbocycles. The number of hydrogen-bond acceptors (Lipinski definition) is 3. The molecule has 1 rings (SSSR count). The molecule has 0 radical (unpaired) electrons. The summed E-state index contributed by atoms with van der Waals surface area (Å²) in [6.07, 6.45) is 0.880. The fourth-order valence-corrected chi connectivity index (χ4v) is 2.25. The minimum absolute atomic E-state index is 0.109. The summed E-state index contributed by atoms with van der Waals surface area (Å²) in [6, 6.07) is 7.30. The van der Waals surface area contributed by atoms with Crippen LogP contribution in [-0.2, 0) is 21.2 Å². The molecule has 0 atom stereocenters. The Hall–Kier alpha value is -1.11. The third-order valence-corrected chi connectivity index (χ3v) is 4.13. The van der Waals surface area contributed by atoms with Gasteiger partial charge in [-0.25, -0.2) is 13.1 Å². The highest BCUT2D eigenvalue weighted by Gasteiger charge is 2.08. The van der Waals surface area contributed by atoms with E-state index in [9.17, 15) is 13.2 Å². The lowest BCUT2D eigenvalue weighted by Crippen LogP contribution is -2.33. The van der Waals surface area contributed by atoms with Crippen LogP contribution in [0.3, 0.4) is 0 Å². The predicted octanol–water partition coefficient (Wildman–Crippen LogP) is 0.938. The molecule has 1 aromatic rings. The van der Waals surface area contributed by atoms with Crippen LogP contribution < -0.4 is 10.0 Å². The van der Waals surface area contributed by atoms with E-state index >= 15 is 0 Å². The second-order valence-corrected chi connectivity index (χ2v) is 6.49. The number of benzene rings is 1. The van der Waals surface area contributed by atoms with Crippen molar-refractivity contribution in [3.8, 4) is 0 Å². The minimum atomic E-state index is -3.27. The zero-order valence-corrected chi connectivity index (χ0v) is 12.2. The van der Waals surface area contributed by atoms with Gasteiger partial charge >= 0.3 is 0 Å². The molecule has 0 aromatic heterocycles. The Labute approximate surface area is 118 Å². The Bertz CT molecular complexity index is 532. The van der Waals surface area contributed by atoms with Crippen molar-refractivity contribution in [3.63, 3.8) is 0 Å². The van der Waals surface area contributed by atoms with Crippen LogP contribution in [0.15, 0.2) is 24.3 Å². The Morgan fingerprint density at radius 3 is 2.74 bits per heavy atom. The summed E-state index contributed by atoms with van der Waals surface area (Å²) in [5.74, 6) is -0.293. The van der Waals surface area contributed by atoms with Gasteiger partial charge in [0.2, 0.25) is 15.9 Å². The second-order valence-electron chi connectivity index (χ2n) is 4.00. The van der Waals surface area contributed by atoms with Gasteiger partial charge in [0, 0.05) is 18.0 Å². The smallest absolute Gasteiger partial charge is 0.220 e. The Balaban J connectivity index is 2.29. The van der Waals surface area contributed by atoms with Crippen molar-refractivity contribution in [2.75, 3.05) is 19.3 Å². The lowest BCUT2D eigenvalue weighted by Gasteiger charge is -2.06. The number of aryl methyl sites for hydroxylation is 1. The summed E-state index contributed by atoms with van der Waals surface area (Å²) < 4.78 is 24.4. The average molecular weight is 305 g/mol. The highest BCUT2D eigenvalue weighted by Crippen LogP contribution is 2.11. The van der Waals surface area contributed by atoms with Gasteiger partial charge in [-0.3, -0.25) is 4.79 Å². The molecule has 0 saturated heterocycles. The number of carbonyl (C=O) groups excluding carboxylic acids is 1. The van der Waals surface area contributed by atoms with E-state index in [-0.39, 0.29) is 18.2 Å². The van der Waals surface area contributed by atoms with E-state index in [1.165, 1.54) is 7.05 Å². The Kier molecular flexibility index (Phi) is 6.27. The van der Waals surface area contributed by atoms with E-state index in [4.69, 9.17) is 11.6 Å². The predicted molar refractivity (Wildman–Crippen MR) is 75.6 cm³/mol. The Morgan fingerprint density at radius 1 is 1.37 bits per heavy atom. The first-order valence-corrected chi connectivity index (χ1v) is 7.88. The molecule has 0 spiro atoms. The van der Waals surface area contributed by atoms with Crippen LogP contribution in [0.4, 0.5) is 0 Å². The zero-order chi connectivity index (χ0) is 14.3. The van der Waals surface area contributed by atoms with Crippen LogP contribution in [0, 0.1) is 0 Å². The van der Waals surface area contributed by atoms with Gasteiger partial charge in [0.25, 0.3) is 0 Å². The van der Waals surface area contributed by atoms with Crippen LogP contribution in [0.1, 0.15) is 12.0 Å². The first-order chi connectivity index (χ1) is 8.93. The van der Waals surface area contributed by atoms with E-state index < -0.39 is 10.0 Å². The summed E-state index contributed by atoms with van der Waals surface area (Å²) in [7, 11) is -1.93. The Morgan fingerprint density at radius 2 is 2.11 bits per heavy atom. The van der Waals surface area contributed by atoms with Crippen molar-refractivity contribution < 1.29 is 13.2 Å². The van der Waals surface area contributed by atoms with Gasteiger partial charge in [-0.1, -0.05) is 23.7 Å². The topological polar surface area (TPSA) is 75.3 Å². The van der Waals surface area contributed by atoms with Gasteiger partial charge in [0.05, 0.1) is 5.75 Å². The van der Waals surface area contributed by atoms with Crippen molar-refractivity contribution >= 4 is 27.5 Å². The van der Waals surface area contributed by atoms with Crippen LogP contribution in [0.5, 0.6) is 0 Å². The normalized spacial score (nSPS) is 11.3. The molecule has 7 heteroatoms. The quantitative estimate of drug-likeness (QED) is 0.787. The van der Waals surface area contributed by atoms with Gasteiger partial charge in [-0.2, -0.15) is 0 Å². The molecule has 19 heavy (non-hydrogen) atoms. The summed E-state index contributed by atoms with van der Waals surface area (Å²) >= 11 is 5.84. The lowest BCUT2D eigenvalue weighted by atomic mass is 10.1. The fraction of sp³-hybridized carbons (Fsp3) is 0.417. The standard InChI is InChI=1S/C12H17ClN2O3S/c1-14-19(17,18)8-7-15-12(16)6-5-10-3-2-4-11(13)9-10/h2-4,9,14H,5-8H2,1H3,(H,15,16). The summed E-state index contributed by atoms with van der Waals surface area (Å²) in [5.41, 5.74) is 0.977. The maximum Gasteiger partial charge on any atom is 0.220 e. The van der Waals surface area contributed by atoms with Crippen molar-refractivity contribution in [3.05, 3.63) is 34.9 Å². The number of carbonyl (C=O) groups is 1. The summed E-state index contributed by atoms with van der Waals surface area (Å²) in [6.45, 7) is 0.109. The molecule has 0 aliphatic carbocycles. The zero-order valence-electron chi connectivity index (χ0n) is 10.6. The number of amides is 1. The number of hydrogen-bond donors (Lipinski definition) is 2. The monoisotopic (exact) mass is 304 g/mol. The largest absolute Gasteiger partial charge is 0.355 e. The van der Waals surface area contributed by atoms with Crippen molar-refractivity contribution in [2.45, 2.75) is 12.8 Å². The van der Waals surface area contributed by atoms with Crippen molar-refractivity contribution in [1.29, 1.82) is 0 Å². The first-order valence-electron chi connectivity index (χ1n) is 5.85. The van der Waals surface area contributed by atoms with Crippen LogP contribution in [-0.4, -0.2) is 33.7 Å². The fourth-order valence-electron chi connectivity index (χ4n) is 1.47. The second kappa shape index (κ2) is 7.47. The molecular formula is C12H17ClN2O3S. The van der Waals surface area contributed by atoms with Crippen molar-refractivity contribution in [1.82, 2.24) is 10.0 Å². The van der Waals surface area contributed by atoms with Gasteiger partial charge in [-0.05, 0) is 31.2 Å². The average Bonchev–Trinajstić information content (AvgIpc) is 2.36. The maximum atomic E-state index is 11.5. The molecule has 106 valence electrons. The number of sulfonamides is 1. The number of halogens is 1. The van der Waals surface area contributed by atoms with Crippen LogP contribution in [0.2, 0.25) is 5.02 Å². The molecule has 0 aliphatic rings. The highest BCUT2D eigenvalue weighted by atomic mass is 35.5. The third-order valence-electron chi connectivity index (χ3n) is 2.53. The van der Waals surface area contributed by atoms with Crippen molar-refractivity contribution in [2.24, 2.45) is 0 Å². The minimum Gasteiger partial charge on any atom is -0.355 e. The molecule has 1 amide bonds. The van der Waals surface area contributed by atoms with E-state index in [0.717, 1.165) is 5.56 Å². The molecular weight excluding hydrogens is 288 g/mol. The summed E-state index contributed by atoms with van der Waals surface area (Å²) in [4.78, 5) is 11.5. The molecule has 0 unspecified atom stereocenters. The van der Waals surface area contributed by atoms with E-state index in [1.807, 2.05) is 12.1 Å². The molecule has 0 fully saturated rings. The SMILES string of the molecule is CNS(=O)(=O)CCNC(=O)CCc1cccc(Cl)c1. The lowest BCUT2D eigenvalue weighted by molar-refractivity contribution is -0.120. The van der Waals surface area contributed by atoms with Crippen LogP contribution >= 0.6 is 11.6 Å². The summed E-state index contributed by atoms with van der Waals surface area (Å²) in [5, 5.41) is 3.20. The number of nitrogens with one attached hydrogen (secondary N) is 2. The van der Waals surface area contributed by atoms with Crippen LogP contribution in [0.25, 0.3) is 0 Å². The van der Waals surface area contributed by atoms with Gasteiger partial charge in [0.1, 0.15) is 0 Å². The molecule has 0 bridgehead atoms. The molecule has 5 nitrogen and oxygen atoms in total. The number of rotatable bonds is 7. The van der Waals surface area contributed by atoms with E-state index in [2.05, 4.69) is 10.0 Å². The third kappa shape index (κ3) is 6.56. The molecule has 0 aliphatic heterocycles. The van der Waals surface area contributed by atoms with E-state index in [0.29, 0.717) is 17.9 Å². The first kappa shape index (κ1) is 15.9. The van der Waals surface area contributed by atoms with Gasteiger partial charge in [-0.15, -0.1) is 0 Å². The molecule has 0 saturated carbocycles. The maximum absolute atomic E-state index is 11.5. The van der Waals surface area contributed by atoms with E-state index in [1.54, 1.807) is 12.1 Å². The molecule has 0 heterocycles. The van der Waals surface area contributed by atoms with Gasteiger partial charge in [0.15, 0.2) is 0 Å². The highest BCUT2D eigenvalue weighted by molar-refractivity contribution is 7.89. The van der Waals surface area contributed by atoms with Gasteiger partial charge < -0.3 is 5.32 Å².